The Morgan fingerprint density at radius 1 is 1.40 bits per heavy atom. The van der Waals surface area contributed by atoms with E-state index in [2.05, 4.69) is 37.5 Å². The zero-order valence-corrected chi connectivity index (χ0v) is 10.8. The fraction of sp³-hybridized carbons (Fsp3) is 0.400. The number of hydrogen-bond donors (Lipinski definition) is 1. The molecule has 5 heteroatoms. The third-order valence-corrected chi connectivity index (χ3v) is 4.05. The van der Waals surface area contributed by atoms with Crippen LogP contribution in [0.4, 0.5) is 0 Å². The molecule has 1 saturated carbocycles. The number of nitrogens with zero attached hydrogens (tertiary/aromatic N) is 2. The second kappa shape index (κ2) is 3.59. The van der Waals surface area contributed by atoms with Gasteiger partial charge in [0.1, 0.15) is 16.6 Å². The van der Waals surface area contributed by atoms with Gasteiger partial charge in [-0.2, -0.15) is 0 Å². The first-order chi connectivity index (χ1) is 7.25. The van der Waals surface area contributed by atoms with Gasteiger partial charge in [0.2, 0.25) is 0 Å². The molecule has 0 saturated heterocycles. The van der Waals surface area contributed by atoms with Crippen LogP contribution in [0.25, 0.3) is 11.0 Å². The molecule has 15 heavy (non-hydrogen) atoms. The minimum absolute atomic E-state index is 0.521. The zero-order chi connectivity index (χ0) is 10.4. The monoisotopic (exact) mass is 333 g/mol. The van der Waals surface area contributed by atoms with Gasteiger partial charge < -0.3 is 4.98 Å². The highest BCUT2D eigenvalue weighted by Crippen LogP contribution is 2.36. The summed E-state index contributed by atoms with van der Waals surface area (Å²) in [4.78, 5) is 12.0. The summed E-state index contributed by atoms with van der Waals surface area (Å²) in [5.74, 6) is 1.42. The van der Waals surface area contributed by atoms with E-state index in [4.69, 9.17) is 11.6 Å². The van der Waals surface area contributed by atoms with Gasteiger partial charge in [-0.15, -0.1) is 0 Å². The minimum Gasteiger partial charge on any atom is -0.345 e. The molecule has 0 bridgehead atoms. The Morgan fingerprint density at radius 3 is 2.87 bits per heavy atom. The summed E-state index contributed by atoms with van der Waals surface area (Å²) < 4.78 is 1.08. The van der Waals surface area contributed by atoms with Crippen molar-refractivity contribution in [3.8, 4) is 0 Å². The van der Waals surface area contributed by atoms with Crippen molar-refractivity contribution in [3.63, 3.8) is 0 Å². The molecule has 1 aliphatic rings. The molecule has 2 aromatic rings. The second-order valence-corrected chi connectivity index (χ2v) is 5.38. The summed E-state index contributed by atoms with van der Waals surface area (Å²) in [7, 11) is 0. The molecule has 0 radical (unpaired) electrons. The molecule has 3 rings (SSSR count). The van der Waals surface area contributed by atoms with E-state index >= 15 is 0 Å². The number of H-pyrrole nitrogens is 1. The minimum atomic E-state index is 0.521. The van der Waals surface area contributed by atoms with E-state index in [-0.39, 0.29) is 0 Å². The lowest BCUT2D eigenvalue weighted by Crippen LogP contribution is -2.12. The van der Waals surface area contributed by atoms with Crippen molar-refractivity contribution < 1.29 is 0 Å². The average molecular weight is 334 g/mol. The van der Waals surface area contributed by atoms with Crippen LogP contribution >= 0.6 is 34.2 Å². The number of halogens is 2. The molecule has 0 unspecified atom stereocenters. The number of aromatic nitrogens is 3. The SMILES string of the molecule is Clc1nc(C2CCC2)nc2[nH]cc(I)c12. The van der Waals surface area contributed by atoms with Crippen LogP contribution in [0.1, 0.15) is 31.0 Å². The lowest BCUT2D eigenvalue weighted by molar-refractivity contribution is 0.402. The second-order valence-electron chi connectivity index (χ2n) is 3.86. The largest absolute Gasteiger partial charge is 0.345 e. The molecule has 1 N–H and O–H groups in total. The number of rotatable bonds is 1. The topological polar surface area (TPSA) is 41.6 Å². The lowest BCUT2D eigenvalue weighted by Gasteiger charge is -2.23. The fourth-order valence-corrected chi connectivity index (χ4v) is 2.92. The van der Waals surface area contributed by atoms with Gasteiger partial charge in [0, 0.05) is 15.7 Å². The van der Waals surface area contributed by atoms with Crippen molar-refractivity contribution in [1.82, 2.24) is 15.0 Å². The Labute approximate surface area is 106 Å². The predicted molar refractivity (Wildman–Crippen MR) is 68.2 cm³/mol. The molecular weight excluding hydrogens is 324 g/mol. The van der Waals surface area contributed by atoms with Crippen LogP contribution in [0, 0.1) is 3.57 Å². The maximum atomic E-state index is 6.16. The molecule has 0 atom stereocenters. The highest BCUT2D eigenvalue weighted by molar-refractivity contribution is 14.1. The summed E-state index contributed by atoms with van der Waals surface area (Å²) in [6.07, 6.45) is 5.58. The standard InChI is InChI=1S/C10H9ClIN3/c11-8-7-6(12)4-13-10(7)15-9(14-8)5-2-1-3-5/h4-5H,1-3H2,(H,13,14,15). The maximum absolute atomic E-state index is 6.16. The Morgan fingerprint density at radius 2 is 2.20 bits per heavy atom. The molecule has 1 fully saturated rings. The van der Waals surface area contributed by atoms with Gasteiger partial charge in [0.15, 0.2) is 0 Å². The summed E-state index contributed by atoms with van der Waals surface area (Å²) in [6, 6.07) is 0. The molecule has 0 aliphatic heterocycles. The van der Waals surface area contributed by atoms with E-state index < -0.39 is 0 Å². The van der Waals surface area contributed by atoms with Gasteiger partial charge in [-0.3, -0.25) is 0 Å². The first kappa shape index (κ1) is 9.84. The van der Waals surface area contributed by atoms with Crippen molar-refractivity contribution in [2.75, 3.05) is 0 Å². The summed E-state index contributed by atoms with van der Waals surface area (Å²) >= 11 is 8.39. The van der Waals surface area contributed by atoms with E-state index in [1.54, 1.807) is 0 Å². The number of hydrogen-bond acceptors (Lipinski definition) is 2. The van der Waals surface area contributed by atoms with Crippen LogP contribution in [0.3, 0.4) is 0 Å². The predicted octanol–water partition coefficient (Wildman–Crippen LogP) is 3.48. The van der Waals surface area contributed by atoms with Gasteiger partial charge >= 0.3 is 0 Å². The van der Waals surface area contributed by atoms with E-state index in [1.165, 1.54) is 19.3 Å². The molecule has 2 heterocycles. The molecule has 0 spiro atoms. The Kier molecular flexibility index (Phi) is 2.35. The number of fused-ring (bicyclic) bond motifs is 1. The van der Waals surface area contributed by atoms with E-state index in [0.717, 1.165) is 20.4 Å². The first-order valence-corrected chi connectivity index (χ1v) is 6.41. The lowest BCUT2D eigenvalue weighted by atomic mass is 9.85. The van der Waals surface area contributed by atoms with Crippen LogP contribution in [0.15, 0.2) is 6.20 Å². The van der Waals surface area contributed by atoms with Gasteiger partial charge in [0.05, 0.1) is 5.39 Å². The van der Waals surface area contributed by atoms with Crippen molar-refractivity contribution >= 4 is 45.2 Å². The molecule has 3 nitrogen and oxygen atoms in total. The smallest absolute Gasteiger partial charge is 0.143 e. The van der Waals surface area contributed by atoms with Gasteiger partial charge in [-0.05, 0) is 35.4 Å². The van der Waals surface area contributed by atoms with Crippen molar-refractivity contribution in [2.45, 2.75) is 25.2 Å². The molecule has 78 valence electrons. The van der Waals surface area contributed by atoms with Gasteiger partial charge in [-0.1, -0.05) is 18.0 Å². The van der Waals surface area contributed by atoms with Gasteiger partial charge in [-0.25, -0.2) is 9.97 Å². The van der Waals surface area contributed by atoms with Crippen LogP contribution in [0.2, 0.25) is 5.15 Å². The molecule has 2 aromatic heterocycles. The Balaban J connectivity index is 2.18. The highest BCUT2D eigenvalue weighted by atomic mass is 127. The van der Waals surface area contributed by atoms with Crippen LogP contribution in [0.5, 0.6) is 0 Å². The Hall–Kier alpha value is -0.360. The number of nitrogens with one attached hydrogen (secondary N) is 1. The van der Waals surface area contributed by atoms with E-state index in [1.807, 2.05) is 6.20 Å². The normalized spacial score (nSPS) is 16.9. The van der Waals surface area contributed by atoms with Crippen molar-refractivity contribution in [2.24, 2.45) is 0 Å². The summed E-state index contributed by atoms with van der Waals surface area (Å²) in [6.45, 7) is 0. The summed E-state index contributed by atoms with van der Waals surface area (Å²) in [5.41, 5.74) is 0.862. The van der Waals surface area contributed by atoms with Gasteiger partial charge in [0.25, 0.3) is 0 Å². The highest BCUT2D eigenvalue weighted by Gasteiger charge is 2.24. The molecule has 1 aliphatic carbocycles. The molecule has 0 amide bonds. The quantitative estimate of drug-likeness (QED) is 0.641. The molecular formula is C10H9ClIN3. The zero-order valence-electron chi connectivity index (χ0n) is 7.93. The summed E-state index contributed by atoms with van der Waals surface area (Å²) in [5, 5.41) is 1.52. The number of aromatic amines is 1. The fourth-order valence-electron chi connectivity index (χ4n) is 1.82. The third kappa shape index (κ3) is 1.54. The van der Waals surface area contributed by atoms with Crippen molar-refractivity contribution in [3.05, 3.63) is 20.7 Å². The van der Waals surface area contributed by atoms with Crippen LogP contribution in [-0.4, -0.2) is 15.0 Å². The van der Waals surface area contributed by atoms with Crippen molar-refractivity contribution in [1.29, 1.82) is 0 Å². The van der Waals surface area contributed by atoms with Crippen LogP contribution in [-0.2, 0) is 0 Å². The maximum Gasteiger partial charge on any atom is 0.143 e. The average Bonchev–Trinajstić information content (AvgIpc) is 2.44. The third-order valence-electron chi connectivity index (χ3n) is 2.93. The van der Waals surface area contributed by atoms with E-state index in [0.29, 0.717) is 11.1 Å². The first-order valence-electron chi connectivity index (χ1n) is 4.95. The van der Waals surface area contributed by atoms with Crippen LogP contribution < -0.4 is 0 Å². The molecule has 0 aromatic carbocycles. The Bertz CT molecular complexity index is 519. The van der Waals surface area contributed by atoms with E-state index in [9.17, 15) is 0 Å².